The molecule has 0 fully saturated rings. The topological polar surface area (TPSA) is 31.2 Å². The van der Waals surface area contributed by atoms with Gasteiger partial charge in [0.05, 0.1) is 11.7 Å². The van der Waals surface area contributed by atoms with E-state index >= 15 is 0 Å². The molecule has 66 valence electrons. The molecular formula is C9H13NO2. The van der Waals surface area contributed by atoms with Crippen LogP contribution in [0.4, 0.5) is 0 Å². The molecule has 1 aromatic heterocycles. The van der Waals surface area contributed by atoms with Crippen molar-refractivity contribution in [1.82, 2.24) is 4.57 Å². The standard InChI is InChI=1S/C9H13NO2/c1-7(2)12-9(11)8-4-5-10(3)6-8/h4-7H,1-3H3. The van der Waals surface area contributed by atoms with E-state index < -0.39 is 0 Å². The number of carbonyl (C=O) groups is 1. The predicted molar refractivity (Wildman–Crippen MR) is 46.0 cm³/mol. The number of aryl methyl sites for hydroxylation is 1. The Morgan fingerprint density at radius 3 is 2.67 bits per heavy atom. The molecule has 0 amide bonds. The van der Waals surface area contributed by atoms with Gasteiger partial charge < -0.3 is 9.30 Å². The molecule has 0 atom stereocenters. The molecule has 0 aromatic carbocycles. The first-order valence-corrected chi connectivity index (χ1v) is 3.92. The smallest absolute Gasteiger partial charge is 0.339 e. The first kappa shape index (κ1) is 8.84. The van der Waals surface area contributed by atoms with Crippen LogP contribution in [0.15, 0.2) is 18.5 Å². The predicted octanol–water partition coefficient (Wildman–Crippen LogP) is 1.59. The third-order valence-corrected chi connectivity index (χ3v) is 1.41. The molecule has 1 heterocycles. The van der Waals surface area contributed by atoms with Gasteiger partial charge >= 0.3 is 5.97 Å². The van der Waals surface area contributed by atoms with Gasteiger partial charge in [-0.3, -0.25) is 0 Å². The van der Waals surface area contributed by atoms with Gasteiger partial charge in [-0.2, -0.15) is 0 Å². The minimum atomic E-state index is -0.259. The van der Waals surface area contributed by atoms with Gasteiger partial charge in [-0.1, -0.05) is 0 Å². The average Bonchev–Trinajstić information content (AvgIpc) is 2.34. The first-order valence-electron chi connectivity index (χ1n) is 3.92. The zero-order valence-electron chi connectivity index (χ0n) is 7.57. The SMILES string of the molecule is CC(C)OC(=O)c1ccn(C)c1. The zero-order valence-corrected chi connectivity index (χ0v) is 7.57. The highest BCUT2D eigenvalue weighted by Crippen LogP contribution is 2.03. The van der Waals surface area contributed by atoms with E-state index in [0.717, 1.165) is 0 Å². The number of aromatic nitrogens is 1. The summed E-state index contributed by atoms with van der Waals surface area (Å²) >= 11 is 0. The summed E-state index contributed by atoms with van der Waals surface area (Å²) in [6.07, 6.45) is 3.50. The van der Waals surface area contributed by atoms with Crippen molar-refractivity contribution in [2.24, 2.45) is 7.05 Å². The summed E-state index contributed by atoms with van der Waals surface area (Å²) in [4.78, 5) is 11.2. The van der Waals surface area contributed by atoms with Crippen LogP contribution in [0.25, 0.3) is 0 Å². The second kappa shape index (κ2) is 3.43. The molecule has 0 spiro atoms. The van der Waals surface area contributed by atoms with Crippen LogP contribution in [0.5, 0.6) is 0 Å². The van der Waals surface area contributed by atoms with Crippen LogP contribution in [-0.2, 0) is 11.8 Å². The zero-order chi connectivity index (χ0) is 9.14. The lowest BCUT2D eigenvalue weighted by atomic mass is 10.3. The summed E-state index contributed by atoms with van der Waals surface area (Å²) in [5.41, 5.74) is 0.603. The molecule has 12 heavy (non-hydrogen) atoms. The van der Waals surface area contributed by atoms with Crippen molar-refractivity contribution in [1.29, 1.82) is 0 Å². The molecule has 0 saturated carbocycles. The quantitative estimate of drug-likeness (QED) is 0.626. The third kappa shape index (κ3) is 2.12. The van der Waals surface area contributed by atoms with E-state index in [1.165, 1.54) is 0 Å². The summed E-state index contributed by atoms with van der Waals surface area (Å²) in [5.74, 6) is -0.259. The minimum absolute atomic E-state index is 0.0577. The van der Waals surface area contributed by atoms with Crippen molar-refractivity contribution in [2.75, 3.05) is 0 Å². The Bertz CT molecular complexity index is 276. The summed E-state index contributed by atoms with van der Waals surface area (Å²) in [5, 5.41) is 0. The molecule has 3 nitrogen and oxygen atoms in total. The Balaban J connectivity index is 2.65. The highest BCUT2D eigenvalue weighted by atomic mass is 16.5. The molecule has 0 aliphatic rings. The highest BCUT2D eigenvalue weighted by molar-refractivity contribution is 5.89. The summed E-state index contributed by atoms with van der Waals surface area (Å²) in [7, 11) is 1.87. The Kier molecular flexibility index (Phi) is 2.53. The maximum Gasteiger partial charge on any atom is 0.339 e. The fourth-order valence-corrected chi connectivity index (χ4v) is 0.906. The number of esters is 1. The largest absolute Gasteiger partial charge is 0.459 e. The van der Waals surface area contributed by atoms with E-state index in [1.807, 2.05) is 31.7 Å². The normalized spacial score (nSPS) is 10.3. The second-order valence-corrected chi connectivity index (χ2v) is 3.02. The van der Waals surface area contributed by atoms with E-state index in [-0.39, 0.29) is 12.1 Å². The van der Waals surface area contributed by atoms with E-state index in [4.69, 9.17) is 4.74 Å². The number of hydrogen-bond donors (Lipinski definition) is 0. The lowest BCUT2D eigenvalue weighted by molar-refractivity contribution is 0.0378. The number of rotatable bonds is 2. The van der Waals surface area contributed by atoms with Gasteiger partial charge in [-0.25, -0.2) is 4.79 Å². The van der Waals surface area contributed by atoms with Gasteiger partial charge in [0, 0.05) is 19.4 Å². The van der Waals surface area contributed by atoms with E-state index in [0.29, 0.717) is 5.56 Å². The van der Waals surface area contributed by atoms with Gasteiger partial charge in [-0.15, -0.1) is 0 Å². The van der Waals surface area contributed by atoms with Crippen molar-refractivity contribution in [3.63, 3.8) is 0 Å². The van der Waals surface area contributed by atoms with E-state index in [9.17, 15) is 4.79 Å². The highest BCUT2D eigenvalue weighted by Gasteiger charge is 2.08. The maximum absolute atomic E-state index is 11.2. The fourth-order valence-electron chi connectivity index (χ4n) is 0.906. The van der Waals surface area contributed by atoms with Crippen molar-refractivity contribution in [3.05, 3.63) is 24.0 Å². The fraction of sp³-hybridized carbons (Fsp3) is 0.444. The molecule has 0 saturated heterocycles. The number of carbonyl (C=O) groups excluding carboxylic acids is 1. The van der Waals surface area contributed by atoms with Crippen molar-refractivity contribution < 1.29 is 9.53 Å². The van der Waals surface area contributed by atoms with Crippen LogP contribution >= 0.6 is 0 Å². The average molecular weight is 167 g/mol. The summed E-state index contributed by atoms with van der Waals surface area (Å²) in [6, 6.07) is 1.74. The molecule has 0 radical (unpaired) electrons. The van der Waals surface area contributed by atoms with Crippen molar-refractivity contribution >= 4 is 5.97 Å². The van der Waals surface area contributed by atoms with Gasteiger partial charge in [0.1, 0.15) is 0 Å². The molecule has 0 aliphatic heterocycles. The monoisotopic (exact) mass is 167 g/mol. The summed E-state index contributed by atoms with van der Waals surface area (Å²) in [6.45, 7) is 3.67. The Morgan fingerprint density at radius 2 is 2.25 bits per heavy atom. The Labute approximate surface area is 72.0 Å². The molecule has 1 aromatic rings. The van der Waals surface area contributed by atoms with E-state index in [2.05, 4.69) is 0 Å². The Hall–Kier alpha value is -1.25. The van der Waals surface area contributed by atoms with Crippen molar-refractivity contribution in [2.45, 2.75) is 20.0 Å². The molecule has 0 bridgehead atoms. The maximum atomic E-state index is 11.2. The van der Waals surface area contributed by atoms with Crippen LogP contribution in [0.3, 0.4) is 0 Å². The van der Waals surface area contributed by atoms with Gasteiger partial charge in [0.25, 0.3) is 0 Å². The van der Waals surface area contributed by atoms with Crippen LogP contribution in [0.1, 0.15) is 24.2 Å². The van der Waals surface area contributed by atoms with Crippen LogP contribution in [-0.4, -0.2) is 16.6 Å². The third-order valence-electron chi connectivity index (χ3n) is 1.41. The summed E-state index contributed by atoms with van der Waals surface area (Å²) < 4.78 is 6.81. The molecule has 0 N–H and O–H groups in total. The molecule has 3 heteroatoms. The van der Waals surface area contributed by atoms with Crippen LogP contribution in [0.2, 0.25) is 0 Å². The van der Waals surface area contributed by atoms with Gasteiger partial charge in [0.2, 0.25) is 0 Å². The number of nitrogens with zero attached hydrogens (tertiary/aromatic N) is 1. The van der Waals surface area contributed by atoms with Crippen LogP contribution in [0, 0.1) is 0 Å². The second-order valence-electron chi connectivity index (χ2n) is 3.02. The number of ether oxygens (including phenoxy) is 1. The van der Waals surface area contributed by atoms with Crippen LogP contribution < -0.4 is 0 Å². The lowest BCUT2D eigenvalue weighted by Crippen LogP contribution is -2.10. The minimum Gasteiger partial charge on any atom is -0.459 e. The Morgan fingerprint density at radius 1 is 1.58 bits per heavy atom. The number of hydrogen-bond acceptors (Lipinski definition) is 2. The van der Waals surface area contributed by atoms with Gasteiger partial charge in [-0.05, 0) is 19.9 Å². The first-order chi connectivity index (χ1) is 5.59. The van der Waals surface area contributed by atoms with Gasteiger partial charge in [0.15, 0.2) is 0 Å². The lowest BCUT2D eigenvalue weighted by Gasteiger charge is -2.05. The molecule has 1 rings (SSSR count). The molecular weight excluding hydrogens is 154 g/mol. The molecule has 0 unspecified atom stereocenters. The molecule has 0 aliphatic carbocycles. The van der Waals surface area contributed by atoms with Crippen molar-refractivity contribution in [3.8, 4) is 0 Å². The van der Waals surface area contributed by atoms with E-state index in [1.54, 1.807) is 12.3 Å².